The van der Waals surface area contributed by atoms with E-state index in [1.807, 2.05) is 0 Å². The zero-order valence-electron chi connectivity index (χ0n) is 10.2. The van der Waals surface area contributed by atoms with Crippen molar-refractivity contribution < 1.29 is 14.1 Å². The van der Waals surface area contributed by atoms with Gasteiger partial charge in [0.1, 0.15) is 6.61 Å². The van der Waals surface area contributed by atoms with E-state index >= 15 is 0 Å². The fourth-order valence-corrected chi connectivity index (χ4v) is 1.29. The lowest BCUT2D eigenvalue weighted by atomic mass is 9.92. The quantitative estimate of drug-likeness (QED) is 0.759. The molecular formula is C11H18N2O3. The number of carbonyl (C=O) groups is 1. The normalized spacial score (nSPS) is 11.8. The van der Waals surface area contributed by atoms with E-state index in [0.29, 0.717) is 11.7 Å². The number of methoxy groups -OCH3 is 1. The van der Waals surface area contributed by atoms with Gasteiger partial charge in [-0.2, -0.15) is 4.98 Å². The van der Waals surface area contributed by atoms with Gasteiger partial charge >= 0.3 is 0 Å². The predicted octanol–water partition coefficient (Wildman–Crippen LogP) is 1.42. The first-order chi connectivity index (χ1) is 7.40. The van der Waals surface area contributed by atoms with Crippen LogP contribution in [0.15, 0.2) is 4.52 Å². The van der Waals surface area contributed by atoms with E-state index in [4.69, 9.17) is 9.26 Å². The SMILES string of the molecule is COCC(=O)Cc1nc(CC(C)(C)C)no1. The Morgan fingerprint density at radius 1 is 1.44 bits per heavy atom. The lowest BCUT2D eigenvalue weighted by molar-refractivity contribution is -0.122. The third kappa shape index (κ3) is 4.53. The van der Waals surface area contributed by atoms with Crippen LogP contribution in [-0.4, -0.2) is 29.6 Å². The molecule has 1 heterocycles. The van der Waals surface area contributed by atoms with Crippen LogP contribution < -0.4 is 0 Å². The number of hydrogen-bond donors (Lipinski definition) is 0. The van der Waals surface area contributed by atoms with Crippen LogP contribution in [0.2, 0.25) is 0 Å². The molecule has 0 amide bonds. The van der Waals surface area contributed by atoms with Gasteiger partial charge in [0.2, 0.25) is 5.89 Å². The van der Waals surface area contributed by atoms with Gasteiger partial charge in [0.15, 0.2) is 11.6 Å². The van der Waals surface area contributed by atoms with Crippen LogP contribution in [0.3, 0.4) is 0 Å². The van der Waals surface area contributed by atoms with Gasteiger partial charge in [-0.05, 0) is 5.41 Å². The highest BCUT2D eigenvalue weighted by Crippen LogP contribution is 2.18. The largest absolute Gasteiger partial charge is 0.377 e. The molecular weight excluding hydrogens is 208 g/mol. The first kappa shape index (κ1) is 12.8. The highest BCUT2D eigenvalue weighted by atomic mass is 16.5. The second-order valence-electron chi connectivity index (χ2n) is 4.99. The maximum absolute atomic E-state index is 11.3. The molecule has 5 nitrogen and oxygen atoms in total. The lowest BCUT2D eigenvalue weighted by Crippen LogP contribution is -2.11. The van der Waals surface area contributed by atoms with Gasteiger partial charge in [-0.15, -0.1) is 0 Å². The Morgan fingerprint density at radius 3 is 2.69 bits per heavy atom. The van der Waals surface area contributed by atoms with Gasteiger partial charge < -0.3 is 9.26 Å². The second-order valence-corrected chi connectivity index (χ2v) is 4.99. The first-order valence-corrected chi connectivity index (χ1v) is 5.23. The van der Waals surface area contributed by atoms with Gasteiger partial charge in [-0.1, -0.05) is 25.9 Å². The average molecular weight is 226 g/mol. The van der Waals surface area contributed by atoms with Crippen molar-refractivity contribution in [2.24, 2.45) is 5.41 Å². The molecule has 1 aromatic rings. The second kappa shape index (κ2) is 5.21. The van der Waals surface area contributed by atoms with Crippen molar-refractivity contribution in [3.8, 4) is 0 Å². The summed E-state index contributed by atoms with van der Waals surface area (Å²) in [4.78, 5) is 15.4. The molecule has 0 saturated carbocycles. The standard InChI is InChI=1S/C11H18N2O3/c1-11(2,3)6-9-12-10(16-13-9)5-8(14)7-15-4/h5-7H2,1-4H3. The number of nitrogens with zero attached hydrogens (tertiary/aromatic N) is 2. The molecule has 0 N–H and O–H groups in total. The van der Waals surface area contributed by atoms with Crippen molar-refractivity contribution in [1.29, 1.82) is 0 Å². The molecule has 0 radical (unpaired) electrons. The number of aromatic nitrogens is 2. The summed E-state index contributed by atoms with van der Waals surface area (Å²) in [5.74, 6) is 0.947. The molecule has 0 aliphatic rings. The number of Topliss-reactive ketones (excluding diaryl/α,β-unsaturated/α-hetero) is 1. The van der Waals surface area contributed by atoms with Crippen LogP contribution in [-0.2, 0) is 22.4 Å². The van der Waals surface area contributed by atoms with Crippen LogP contribution in [0.25, 0.3) is 0 Å². The minimum Gasteiger partial charge on any atom is -0.377 e. The summed E-state index contributed by atoms with van der Waals surface area (Å²) in [6.07, 6.45) is 0.875. The summed E-state index contributed by atoms with van der Waals surface area (Å²) in [6, 6.07) is 0. The van der Waals surface area contributed by atoms with Gasteiger partial charge in [0, 0.05) is 13.5 Å². The van der Waals surface area contributed by atoms with Gasteiger partial charge in [-0.3, -0.25) is 4.79 Å². The topological polar surface area (TPSA) is 65.2 Å². The molecule has 5 heteroatoms. The van der Waals surface area contributed by atoms with Gasteiger partial charge in [-0.25, -0.2) is 0 Å². The maximum atomic E-state index is 11.3. The zero-order valence-corrected chi connectivity index (χ0v) is 10.2. The third-order valence-electron chi connectivity index (χ3n) is 1.85. The highest BCUT2D eigenvalue weighted by molar-refractivity contribution is 5.81. The van der Waals surface area contributed by atoms with E-state index in [9.17, 15) is 4.79 Å². The van der Waals surface area contributed by atoms with Crippen LogP contribution in [0, 0.1) is 5.41 Å². The molecule has 1 aromatic heterocycles. The summed E-state index contributed by atoms with van der Waals surface area (Å²) in [5, 5.41) is 3.84. The van der Waals surface area contributed by atoms with Crippen molar-refractivity contribution in [1.82, 2.24) is 10.1 Å². The van der Waals surface area contributed by atoms with Gasteiger partial charge in [0.05, 0.1) is 6.42 Å². The fourth-order valence-electron chi connectivity index (χ4n) is 1.29. The molecule has 1 rings (SSSR count). The van der Waals surface area contributed by atoms with Crippen molar-refractivity contribution in [2.45, 2.75) is 33.6 Å². The minimum absolute atomic E-state index is 0.0616. The molecule has 90 valence electrons. The molecule has 0 spiro atoms. The fraction of sp³-hybridized carbons (Fsp3) is 0.727. The predicted molar refractivity (Wildman–Crippen MR) is 58.0 cm³/mol. The van der Waals surface area contributed by atoms with E-state index < -0.39 is 0 Å². The highest BCUT2D eigenvalue weighted by Gasteiger charge is 2.17. The molecule has 0 fully saturated rings. The number of ether oxygens (including phenoxy) is 1. The van der Waals surface area contributed by atoms with Crippen LogP contribution in [0.4, 0.5) is 0 Å². The Balaban J connectivity index is 2.55. The molecule has 0 bridgehead atoms. The van der Waals surface area contributed by atoms with Crippen molar-refractivity contribution in [3.05, 3.63) is 11.7 Å². The summed E-state index contributed by atoms with van der Waals surface area (Å²) < 4.78 is 9.71. The van der Waals surface area contributed by atoms with Crippen molar-refractivity contribution in [3.63, 3.8) is 0 Å². The molecule has 16 heavy (non-hydrogen) atoms. The monoisotopic (exact) mass is 226 g/mol. The van der Waals surface area contributed by atoms with E-state index in [-0.39, 0.29) is 24.2 Å². The Labute approximate surface area is 95.2 Å². The van der Waals surface area contributed by atoms with E-state index in [1.54, 1.807) is 0 Å². The van der Waals surface area contributed by atoms with Crippen molar-refractivity contribution in [2.75, 3.05) is 13.7 Å². The Hall–Kier alpha value is -1.23. The molecule has 0 unspecified atom stereocenters. The molecule has 0 aromatic carbocycles. The summed E-state index contributed by atoms with van der Waals surface area (Å²) in [6.45, 7) is 6.37. The number of ketones is 1. The maximum Gasteiger partial charge on any atom is 0.234 e. The van der Waals surface area contributed by atoms with Crippen molar-refractivity contribution >= 4 is 5.78 Å². The first-order valence-electron chi connectivity index (χ1n) is 5.23. The number of hydrogen-bond acceptors (Lipinski definition) is 5. The summed E-state index contributed by atoms with van der Waals surface area (Å²) in [7, 11) is 1.48. The van der Waals surface area contributed by atoms with E-state index in [0.717, 1.165) is 6.42 Å². The van der Waals surface area contributed by atoms with Crippen LogP contribution in [0.1, 0.15) is 32.5 Å². The smallest absolute Gasteiger partial charge is 0.234 e. The Bertz CT molecular complexity index is 352. The van der Waals surface area contributed by atoms with E-state index in [1.165, 1.54) is 7.11 Å². The van der Waals surface area contributed by atoms with Crippen LogP contribution >= 0.6 is 0 Å². The Morgan fingerprint density at radius 2 is 2.12 bits per heavy atom. The Kier molecular flexibility index (Phi) is 4.18. The van der Waals surface area contributed by atoms with Crippen LogP contribution in [0.5, 0.6) is 0 Å². The van der Waals surface area contributed by atoms with Gasteiger partial charge in [0.25, 0.3) is 0 Å². The average Bonchev–Trinajstić information content (AvgIpc) is 2.49. The summed E-state index contributed by atoms with van der Waals surface area (Å²) in [5.41, 5.74) is 0.109. The summed E-state index contributed by atoms with van der Waals surface area (Å²) >= 11 is 0. The molecule has 0 aliphatic heterocycles. The minimum atomic E-state index is -0.0616. The zero-order chi connectivity index (χ0) is 12.2. The molecule has 0 aliphatic carbocycles. The molecule has 0 atom stereocenters. The molecule has 0 saturated heterocycles. The third-order valence-corrected chi connectivity index (χ3v) is 1.85. The lowest BCUT2D eigenvalue weighted by Gasteiger charge is -2.14. The van der Waals surface area contributed by atoms with E-state index in [2.05, 4.69) is 30.9 Å². The number of carbonyl (C=O) groups excluding carboxylic acids is 1. The number of rotatable bonds is 5.